The van der Waals surface area contributed by atoms with Gasteiger partial charge in [0.15, 0.2) is 0 Å². The maximum atomic E-state index is 5.53. The van der Waals surface area contributed by atoms with Crippen LogP contribution in [-0.2, 0) is 6.54 Å². The number of halogens is 2. The van der Waals surface area contributed by atoms with Gasteiger partial charge in [-0.2, -0.15) is 0 Å². The molecule has 0 saturated carbocycles. The molecule has 0 radical (unpaired) electrons. The molecule has 3 N–H and O–H groups in total. The van der Waals surface area contributed by atoms with E-state index >= 15 is 0 Å². The number of nitrogens with two attached hydrogens (primary N) is 1. The third-order valence-electron chi connectivity index (χ3n) is 2.00. The van der Waals surface area contributed by atoms with Crippen LogP contribution in [0.25, 0.3) is 0 Å². The molecule has 1 rings (SSSR count). The molecule has 0 heterocycles. The van der Waals surface area contributed by atoms with E-state index in [9.17, 15) is 0 Å². The molecule has 1 aromatic carbocycles. The lowest BCUT2D eigenvalue weighted by atomic mass is 10.2. The van der Waals surface area contributed by atoms with Crippen LogP contribution in [-0.4, -0.2) is 12.6 Å². The van der Waals surface area contributed by atoms with E-state index in [1.54, 1.807) is 0 Å². The molecule has 1 atom stereocenters. The molecule has 0 aliphatic carbocycles. The fraction of sp³-hybridized carbons (Fsp3) is 0.400. The van der Waals surface area contributed by atoms with Crippen molar-refractivity contribution in [2.75, 3.05) is 6.54 Å². The molecular weight excluding hydrogens is 355 g/mol. The van der Waals surface area contributed by atoms with Gasteiger partial charge < -0.3 is 11.1 Å². The summed E-state index contributed by atoms with van der Waals surface area (Å²) in [5, 5.41) is 3.36. The highest BCUT2D eigenvalue weighted by Crippen LogP contribution is 2.19. The number of benzene rings is 1. The van der Waals surface area contributed by atoms with Gasteiger partial charge in [0.1, 0.15) is 0 Å². The summed E-state index contributed by atoms with van der Waals surface area (Å²) < 4.78 is 2.40. The van der Waals surface area contributed by atoms with Crippen molar-refractivity contribution in [2.24, 2.45) is 5.73 Å². The van der Waals surface area contributed by atoms with Gasteiger partial charge in [-0.3, -0.25) is 0 Å². The molecule has 1 unspecified atom stereocenters. The largest absolute Gasteiger partial charge is 0.329 e. The zero-order valence-electron chi connectivity index (χ0n) is 8.06. The Morgan fingerprint density at radius 3 is 2.93 bits per heavy atom. The summed E-state index contributed by atoms with van der Waals surface area (Å²) in [4.78, 5) is 0. The number of nitrogens with one attached hydrogen (secondary N) is 1. The minimum atomic E-state index is 0.361. The van der Waals surface area contributed by atoms with Crippen LogP contribution in [0.2, 0.25) is 0 Å². The molecule has 0 aliphatic heterocycles. The highest BCUT2D eigenvalue weighted by atomic mass is 127. The minimum absolute atomic E-state index is 0.361. The van der Waals surface area contributed by atoms with Crippen LogP contribution in [0.1, 0.15) is 12.5 Å². The summed E-state index contributed by atoms with van der Waals surface area (Å²) in [6.07, 6.45) is 0. The van der Waals surface area contributed by atoms with Crippen LogP contribution >= 0.6 is 38.5 Å². The van der Waals surface area contributed by atoms with E-state index in [1.807, 2.05) is 0 Å². The van der Waals surface area contributed by atoms with Crippen molar-refractivity contribution in [1.29, 1.82) is 0 Å². The Balaban J connectivity index is 2.62. The van der Waals surface area contributed by atoms with E-state index < -0.39 is 0 Å². The molecule has 0 saturated heterocycles. The molecule has 14 heavy (non-hydrogen) atoms. The monoisotopic (exact) mass is 368 g/mol. The predicted octanol–water partition coefficient (Wildman–Crippen LogP) is 2.49. The Bertz CT molecular complexity index is 304. The summed E-state index contributed by atoms with van der Waals surface area (Å²) in [6.45, 7) is 3.61. The number of hydrogen-bond acceptors (Lipinski definition) is 2. The summed E-state index contributed by atoms with van der Waals surface area (Å²) in [6, 6.07) is 6.69. The van der Waals surface area contributed by atoms with Gasteiger partial charge in [-0.05, 0) is 53.3 Å². The molecule has 4 heteroatoms. The van der Waals surface area contributed by atoms with Gasteiger partial charge in [-0.15, -0.1) is 0 Å². The maximum absolute atomic E-state index is 5.53. The normalized spacial score (nSPS) is 12.9. The SMILES string of the molecule is CC(CN)NCc1cc(I)ccc1Br. The molecule has 0 spiro atoms. The van der Waals surface area contributed by atoms with Crippen LogP contribution in [0.4, 0.5) is 0 Å². The highest BCUT2D eigenvalue weighted by molar-refractivity contribution is 14.1. The van der Waals surface area contributed by atoms with Crippen LogP contribution in [0.3, 0.4) is 0 Å². The quantitative estimate of drug-likeness (QED) is 0.801. The van der Waals surface area contributed by atoms with E-state index in [4.69, 9.17) is 5.73 Å². The van der Waals surface area contributed by atoms with Crippen LogP contribution < -0.4 is 11.1 Å². The molecule has 0 fully saturated rings. The first-order valence-corrected chi connectivity index (χ1v) is 6.38. The van der Waals surface area contributed by atoms with Gasteiger partial charge >= 0.3 is 0 Å². The fourth-order valence-electron chi connectivity index (χ4n) is 1.05. The van der Waals surface area contributed by atoms with Gasteiger partial charge in [0.05, 0.1) is 0 Å². The lowest BCUT2D eigenvalue weighted by Crippen LogP contribution is -2.32. The second-order valence-electron chi connectivity index (χ2n) is 3.25. The molecule has 0 aliphatic rings. The first kappa shape index (κ1) is 12.4. The van der Waals surface area contributed by atoms with Gasteiger partial charge in [-0.25, -0.2) is 0 Å². The van der Waals surface area contributed by atoms with Crippen molar-refractivity contribution >= 4 is 38.5 Å². The zero-order chi connectivity index (χ0) is 10.6. The smallest absolute Gasteiger partial charge is 0.0220 e. The van der Waals surface area contributed by atoms with Crippen molar-refractivity contribution in [3.05, 3.63) is 31.8 Å². The van der Waals surface area contributed by atoms with Crippen molar-refractivity contribution in [3.8, 4) is 0 Å². The molecule has 0 aromatic heterocycles. The fourth-order valence-corrected chi connectivity index (χ4v) is 1.99. The number of rotatable bonds is 4. The Kier molecular flexibility index (Phi) is 5.36. The predicted molar refractivity (Wildman–Crippen MR) is 72.2 cm³/mol. The maximum Gasteiger partial charge on any atom is 0.0220 e. The lowest BCUT2D eigenvalue weighted by Gasteiger charge is -2.12. The van der Waals surface area contributed by atoms with Crippen LogP contribution in [0.5, 0.6) is 0 Å². The Morgan fingerprint density at radius 1 is 1.57 bits per heavy atom. The average molecular weight is 369 g/mol. The van der Waals surface area contributed by atoms with Gasteiger partial charge in [0.25, 0.3) is 0 Å². The standard InChI is InChI=1S/C10H14BrIN2/c1-7(5-13)14-6-8-4-9(12)2-3-10(8)11/h2-4,7,14H,5-6,13H2,1H3. The minimum Gasteiger partial charge on any atom is -0.329 e. The Labute approximate surface area is 107 Å². The van der Waals surface area contributed by atoms with Gasteiger partial charge in [0, 0.05) is 27.2 Å². The third kappa shape index (κ3) is 3.84. The summed E-state index contributed by atoms with van der Waals surface area (Å²) >= 11 is 5.84. The third-order valence-corrected chi connectivity index (χ3v) is 3.45. The molecule has 78 valence electrons. The van der Waals surface area contributed by atoms with Crippen LogP contribution in [0.15, 0.2) is 22.7 Å². The van der Waals surface area contributed by atoms with Gasteiger partial charge in [0.2, 0.25) is 0 Å². The first-order chi connectivity index (χ1) is 6.63. The van der Waals surface area contributed by atoms with E-state index in [0.29, 0.717) is 12.6 Å². The second kappa shape index (κ2) is 6.05. The topological polar surface area (TPSA) is 38.0 Å². The summed E-state index contributed by atoms with van der Waals surface area (Å²) in [7, 11) is 0. The van der Waals surface area contributed by atoms with Crippen molar-refractivity contribution in [2.45, 2.75) is 19.5 Å². The molecular formula is C10H14BrIN2. The van der Waals surface area contributed by atoms with E-state index in [-0.39, 0.29) is 0 Å². The molecule has 0 bridgehead atoms. The highest BCUT2D eigenvalue weighted by Gasteiger charge is 2.02. The molecule has 1 aromatic rings. The summed E-state index contributed by atoms with van der Waals surface area (Å²) in [5.74, 6) is 0. The van der Waals surface area contributed by atoms with E-state index in [2.05, 4.69) is 69.0 Å². The lowest BCUT2D eigenvalue weighted by molar-refractivity contribution is 0.555. The van der Waals surface area contributed by atoms with E-state index in [1.165, 1.54) is 9.13 Å². The van der Waals surface area contributed by atoms with Crippen molar-refractivity contribution in [3.63, 3.8) is 0 Å². The van der Waals surface area contributed by atoms with Crippen molar-refractivity contribution < 1.29 is 0 Å². The van der Waals surface area contributed by atoms with Crippen molar-refractivity contribution in [1.82, 2.24) is 5.32 Å². The summed E-state index contributed by atoms with van der Waals surface area (Å²) in [5.41, 5.74) is 6.80. The molecule has 2 nitrogen and oxygen atoms in total. The zero-order valence-corrected chi connectivity index (χ0v) is 11.8. The Morgan fingerprint density at radius 2 is 2.29 bits per heavy atom. The molecule has 0 amide bonds. The first-order valence-electron chi connectivity index (χ1n) is 4.51. The van der Waals surface area contributed by atoms with Crippen LogP contribution in [0, 0.1) is 3.57 Å². The Hall–Kier alpha value is 0.350. The van der Waals surface area contributed by atoms with Gasteiger partial charge in [-0.1, -0.05) is 15.9 Å². The number of hydrogen-bond donors (Lipinski definition) is 2. The second-order valence-corrected chi connectivity index (χ2v) is 5.35. The average Bonchev–Trinajstić information content (AvgIpc) is 2.19. The van der Waals surface area contributed by atoms with E-state index in [0.717, 1.165) is 11.0 Å².